The lowest BCUT2D eigenvalue weighted by atomic mass is 10.2. The molecule has 26 heavy (non-hydrogen) atoms. The van der Waals surface area contributed by atoms with Crippen molar-refractivity contribution < 1.29 is 19.1 Å². The third-order valence-electron chi connectivity index (χ3n) is 2.45. The number of esters is 2. The van der Waals surface area contributed by atoms with E-state index < -0.39 is 11.9 Å². The predicted molar refractivity (Wildman–Crippen MR) is 108 cm³/mol. The largest absolute Gasteiger partial charge is 0.459 e. The summed E-state index contributed by atoms with van der Waals surface area (Å²) in [4.78, 5) is 21.7. The lowest BCUT2D eigenvalue weighted by Crippen LogP contribution is -2.14. The molecule has 1 rings (SSSR count). The molecule has 0 atom stereocenters. The lowest BCUT2D eigenvalue weighted by Gasteiger charge is -2.05. The summed E-state index contributed by atoms with van der Waals surface area (Å²) in [5, 5.41) is 0. The number of hydrogen-bond donors (Lipinski definition) is 0. The van der Waals surface area contributed by atoms with Crippen molar-refractivity contribution >= 4 is 18.0 Å². The third kappa shape index (κ3) is 15.7. The normalized spacial score (nSPS) is 8.23. The number of rotatable bonds is 7. The van der Waals surface area contributed by atoms with Crippen molar-refractivity contribution in [3.63, 3.8) is 0 Å². The van der Waals surface area contributed by atoms with Crippen molar-refractivity contribution in [3.05, 3.63) is 92.1 Å². The number of hydrogen-bond acceptors (Lipinski definition) is 4. The quantitative estimate of drug-likeness (QED) is 0.301. The number of carbonyl (C=O) groups excluding carboxylic acids is 2. The Morgan fingerprint density at radius 1 is 0.846 bits per heavy atom. The van der Waals surface area contributed by atoms with E-state index in [1.807, 2.05) is 36.4 Å². The van der Waals surface area contributed by atoms with Crippen LogP contribution in [0.3, 0.4) is 0 Å². The third-order valence-corrected chi connectivity index (χ3v) is 2.45. The molecule has 0 aliphatic carbocycles. The van der Waals surface area contributed by atoms with Gasteiger partial charge in [0.2, 0.25) is 0 Å². The maximum Gasteiger partial charge on any atom is 0.333 e. The van der Waals surface area contributed by atoms with E-state index in [0.29, 0.717) is 11.1 Å². The van der Waals surface area contributed by atoms with Crippen LogP contribution in [0.2, 0.25) is 0 Å². The van der Waals surface area contributed by atoms with Crippen LogP contribution < -0.4 is 0 Å². The molecule has 140 valence electrons. The van der Waals surface area contributed by atoms with Gasteiger partial charge in [0, 0.05) is 11.1 Å². The van der Waals surface area contributed by atoms with Crippen LogP contribution in [0.1, 0.15) is 19.4 Å². The van der Waals surface area contributed by atoms with E-state index in [0.717, 1.165) is 0 Å². The zero-order valence-corrected chi connectivity index (χ0v) is 15.7. The Hall–Kier alpha value is -3.14. The van der Waals surface area contributed by atoms with Crippen LogP contribution in [0.4, 0.5) is 0 Å². The number of allylic oxidation sites excluding steroid dienone is 2. The standard InChI is InChI=1S/C10H14O4.C8H8.C4H6/c1-7(2)9(11)13-5-6-14-10(12)8(3)4;1-2-8-6-4-3-5-7-8;1-3-4-2/h1,3,5-6H2,2,4H3;2-7H,1H2;3-4H,1-2H2. The Morgan fingerprint density at radius 3 is 1.46 bits per heavy atom. The summed E-state index contributed by atoms with van der Waals surface area (Å²) in [5.41, 5.74) is 1.81. The van der Waals surface area contributed by atoms with Crippen LogP contribution in [-0.2, 0) is 19.1 Å². The van der Waals surface area contributed by atoms with E-state index in [2.05, 4.69) is 42.4 Å². The Kier molecular flexibility index (Phi) is 16.1. The smallest absolute Gasteiger partial charge is 0.333 e. The molecule has 0 fully saturated rings. The molecular formula is C22H28O4. The molecule has 1 aromatic rings. The Labute approximate surface area is 156 Å². The molecule has 0 N–H and O–H groups in total. The van der Waals surface area contributed by atoms with E-state index in [1.165, 1.54) is 5.56 Å². The Morgan fingerprint density at radius 2 is 1.23 bits per heavy atom. The topological polar surface area (TPSA) is 52.6 Å². The predicted octanol–water partition coefficient (Wildman–Crippen LogP) is 4.91. The molecule has 1 aromatic carbocycles. The zero-order chi connectivity index (χ0) is 20.4. The minimum atomic E-state index is -0.489. The SMILES string of the molecule is C=C(C)C(=O)OCCOC(=O)C(=C)C.C=CC=C.C=Cc1ccccc1. The molecule has 0 aliphatic heterocycles. The second-order valence-electron chi connectivity index (χ2n) is 4.92. The molecule has 0 radical (unpaired) electrons. The van der Waals surface area contributed by atoms with Gasteiger partial charge in [-0.05, 0) is 19.4 Å². The summed E-state index contributed by atoms with van der Waals surface area (Å²) in [5.74, 6) is -0.979. The highest BCUT2D eigenvalue weighted by Crippen LogP contribution is 1.97. The van der Waals surface area contributed by atoms with Gasteiger partial charge in [-0.1, -0.05) is 81.5 Å². The molecule has 0 saturated heterocycles. The van der Waals surface area contributed by atoms with Gasteiger partial charge in [0.05, 0.1) is 0 Å². The van der Waals surface area contributed by atoms with Gasteiger partial charge >= 0.3 is 11.9 Å². The average molecular weight is 356 g/mol. The number of carbonyl (C=O) groups is 2. The molecule has 4 heteroatoms. The molecule has 0 unspecified atom stereocenters. The monoisotopic (exact) mass is 356 g/mol. The van der Waals surface area contributed by atoms with Crippen LogP contribution >= 0.6 is 0 Å². The zero-order valence-electron chi connectivity index (χ0n) is 15.7. The maximum absolute atomic E-state index is 10.8. The fraction of sp³-hybridized carbons (Fsp3) is 0.182. The molecule has 4 nitrogen and oxygen atoms in total. The first kappa shape index (κ1) is 25.1. The number of ether oxygens (including phenoxy) is 2. The second-order valence-corrected chi connectivity index (χ2v) is 4.92. The van der Waals surface area contributed by atoms with Crippen molar-refractivity contribution in [2.75, 3.05) is 13.2 Å². The molecule has 0 aromatic heterocycles. The van der Waals surface area contributed by atoms with Gasteiger partial charge in [-0.3, -0.25) is 0 Å². The molecule has 0 aliphatic rings. The van der Waals surface area contributed by atoms with Gasteiger partial charge < -0.3 is 9.47 Å². The molecule has 0 saturated carbocycles. The summed E-state index contributed by atoms with van der Waals surface area (Å²) >= 11 is 0. The molecule has 0 amide bonds. The highest BCUT2D eigenvalue weighted by molar-refractivity contribution is 5.87. The summed E-state index contributed by atoms with van der Waals surface area (Å²) in [6, 6.07) is 10.0. The summed E-state index contributed by atoms with van der Waals surface area (Å²) < 4.78 is 9.38. The van der Waals surface area contributed by atoms with Crippen LogP contribution in [0.25, 0.3) is 6.08 Å². The fourth-order valence-electron chi connectivity index (χ4n) is 1.10. The first-order chi connectivity index (χ1) is 12.3. The second kappa shape index (κ2) is 16.7. The first-order valence-corrected chi connectivity index (χ1v) is 7.86. The Bertz CT molecular complexity index is 578. The van der Waals surface area contributed by atoms with Crippen molar-refractivity contribution in [2.24, 2.45) is 0 Å². The van der Waals surface area contributed by atoms with Crippen molar-refractivity contribution in [1.82, 2.24) is 0 Å². The molecule has 0 bridgehead atoms. The van der Waals surface area contributed by atoms with Gasteiger partial charge in [0.25, 0.3) is 0 Å². The fourth-order valence-corrected chi connectivity index (χ4v) is 1.10. The van der Waals surface area contributed by atoms with Gasteiger partial charge in [-0.2, -0.15) is 0 Å². The van der Waals surface area contributed by atoms with Gasteiger partial charge in [0.1, 0.15) is 13.2 Å². The minimum absolute atomic E-state index is 0.0325. The van der Waals surface area contributed by atoms with Crippen LogP contribution in [-0.4, -0.2) is 25.2 Å². The first-order valence-electron chi connectivity index (χ1n) is 7.86. The van der Waals surface area contributed by atoms with Crippen molar-refractivity contribution in [1.29, 1.82) is 0 Å². The van der Waals surface area contributed by atoms with E-state index >= 15 is 0 Å². The van der Waals surface area contributed by atoms with Gasteiger partial charge in [-0.25, -0.2) is 9.59 Å². The van der Waals surface area contributed by atoms with E-state index in [1.54, 1.807) is 26.0 Å². The Balaban J connectivity index is 0. The number of benzene rings is 1. The van der Waals surface area contributed by atoms with Gasteiger partial charge in [-0.15, -0.1) is 0 Å². The van der Waals surface area contributed by atoms with Gasteiger partial charge in [0.15, 0.2) is 0 Å². The summed E-state index contributed by atoms with van der Waals surface area (Å²) in [7, 11) is 0. The van der Waals surface area contributed by atoms with Crippen LogP contribution in [0.5, 0.6) is 0 Å². The summed E-state index contributed by atoms with van der Waals surface area (Å²) in [6.07, 6.45) is 5.11. The highest BCUT2D eigenvalue weighted by Gasteiger charge is 2.05. The van der Waals surface area contributed by atoms with E-state index in [4.69, 9.17) is 0 Å². The maximum atomic E-state index is 10.8. The lowest BCUT2D eigenvalue weighted by molar-refractivity contribution is -0.147. The molecule has 0 spiro atoms. The molecule has 0 heterocycles. The minimum Gasteiger partial charge on any atom is -0.459 e. The van der Waals surface area contributed by atoms with Crippen LogP contribution in [0, 0.1) is 0 Å². The van der Waals surface area contributed by atoms with Crippen molar-refractivity contribution in [3.8, 4) is 0 Å². The highest BCUT2D eigenvalue weighted by atomic mass is 16.6. The van der Waals surface area contributed by atoms with E-state index in [-0.39, 0.29) is 13.2 Å². The van der Waals surface area contributed by atoms with Crippen LogP contribution in [0.15, 0.2) is 86.5 Å². The van der Waals surface area contributed by atoms with E-state index in [9.17, 15) is 9.59 Å². The average Bonchev–Trinajstić information content (AvgIpc) is 2.65. The molecular weight excluding hydrogens is 328 g/mol. The van der Waals surface area contributed by atoms with Crippen molar-refractivity contribution in [2.45, 2.75) is 13.8 Å². The summed E-state index contributed by atoms with van der Waals surface area (Å²) in [6.45, 7) is 20.3.